The Morgan fingerprint density at radius 1 is 1.37 bits per heavy atom. The molecular weight excluding hydrogens is 247 g/mol. The van der Waals surface area contributed by atoms with Gasteiger partial charge in [-0.1, -0.05) is 12.1 Å². The quantitative estimate of drug-likeness (QED) is 0.877. The molecule has 0 bridgehead atoms. The molecule has 4 nitrogen and oxygen atoms in total. The van der Waals surface area contributed by atoms with Crippen LogP contribution in [0.5, 0.6) is 0 Å². The fourth-order valence-electron chi connectivity index (χ4n) is 2.34. The van der Waals surface area contributed by atoms with E-state index in [4.69, 9.17) is 0 Å². The second kappa shape index (κ2) is 6.52. The Kier molecular flexibility index (Phi) is 4.74. The van der Waals surface area contributed by atoms with Crippen LogP contribution < -0.4 is 5.32 Å². The van der Waals surface area contributed by atoms with Gasteiger partial charge in [0.1, 0.15) is 5.82 Å². The van der Waals surface area contributed by atoms with Gasteiger partial charge in [0.15, 0.2) is 0 Å². The number of amides is 2. The van der Waals surface area contributed by atoms with Crippen molar-refractivity contribution in [2.75, 3.05) is 13.2 Å². The third-order valence-corrected chi connectivity index (χ3v) is 3.46. The summed E-state index contributed by atoms with van der Waals surface area (Å²) in [7, 11) is 0. The van der Waals surface area contributed by atoms with Crippen LogP contribution in [0.25, 0.3) is 0 Å². The Labute approximate surface area is 112 Å². The summed E-state index contributed by atoms with van der Waals surface area (Å²) in [4.78, 5) is 13.7. The summed E-state index contributed by atoms with van der Waals surface area (Å²) < 4.78 is 12.8. The molecule has 2 rings (SSSR count). The van der Waals surface area contributed by atoms with Crippen LogP contribution in [-0.4, -0.2) is 35.2 Å². The van der Waals surface area contributed by atoms with E-state index in [0.29, 0.717) is 13.1 Å². The molecule has 0 aromatic heterocycles. The van der Waals surface area contributed by atoms with E-state index < -0.39 is 0 Å². The number of carbonyl (C=O) groups is 1. The van der Waals surface area contributed by atoms with Crippen LogP contribution >= 0.6 is 0 Å². The van der Waals surface area contributed by atoms with E-state index in [0.717, 1.165) is 24.8 Å². The number of urea groups is 1. The lowest BCUT2D eigenvalue weighted by Crippen LogP contribution is -2.49. The van der Waals surface area contributed by atoms with Gasteiger partial charge in [-0.05, 0) is 37.0 Å². The lowest BCUT2D eigenvalue weighted by molar-refractivity contribution is 0.108. The molecule has 1 aliphatic heterocycles. The largest absolute Gasteiger partial charge is 0.394 e. The van der Waals surface area contributed by atoms with Crippen molar-refractivity contribution >= 4 is 6.03 Å². The SMILES string of the molecule is O=C(NCc1ccc(F)cc1)N1CCCC[C@@H]1CO. The van der Waals surface area contributed by atoms with E-state index >= 15 is 0 Å². The summed E-state index contributed by atoms with van der Waals surface area (Å²) >= 11 is 0. The molecule has 2 amide bonds. The van der Waals surface area contributed by atoms with Crippen LogP contribution in [0.15, 0.2) is 24.3 Å². The summed E-state index contributed by atoms with van der Waals surface area (Å²) in [5.41, 5.74) is 0.854. The topological polar surface area (TPSA) is 52.6 Å². The van der Waals surface area contributed by atoms with Gasteiger partial charge >= 0.3 is 6.03 Å². The maximum absolute atomic E-state index is 12.8. The van der Waals surface area contributed by atoms with Crippen molar-refractivity contribution in [1.82, 2.24) is 10.2 Å². The molecule has 1 aromatic carbocycles. The van der Waals surface area contributed by atoms with Crippen molar-refractivity contribution in [1.29, 1.82) is 0 Å². The Hall–Kier alpha value is -1.62. The van der Waals surface area contributed by atoms with Crippen LogP contribution in [0.2, 0.25) is 0 Å². The van der Waals surface area contributed by atoms with Crippen LogP contribution in [0.3, 0.4) is 0 Å². The minimum atomic E-state index is -0.286. The third-order valence-electron chi connectivity index (χ3n) is 3.46. The first-order valence-electron chi connectivity index (χ1n) is 6.60. The summed E-state index contributed by atoms with van der Waals surface area (Å²) in [6, 6.07) is 5.80. The molecule has 5 heteroatoms. The predicted molar refractivity (Wildman–Crippen MR) is 70.1 cm³/mol. The zero-order chi connectivity index (χ0) is 13.7. The molecule has 0 spiro atoms. The molecule has 1 fully saturated rings. The van der Waals surface area contributed by atoms with Crippen LogP contribution in [0.1, 0.15) is 24.8 Å². The van der Waals surface area contributed by atoms with Gasteiger partial charge < -0.3 is 15.3 Å². The number of carbonyl (C=O) groups excluding carboxylic acids is 1. The van der Waals surface area contributed by atoms with Crippen LogP contribution in [0, 0.1) is 5.82 Å². The second-order valence-corrected chi connectivity index (χ2v) is 4.81. The smallest absolute Gasteiger partial charge is 0.317 e. The van der Waals surface area contributed by atoms with Crippen molar-refractivity contribution < 1.29 is 14.3 Å². The van der Waals surface area contributed by atoms with E-state index in [9.17, 15) is 14.3 Å². The number of piperidine rings is 1. The number of halogens is 1. The molecule has 104 valence electrons. The number of nitrogens with one attached hydrogen (secondary N) is 1. The van der Waals surface area contributed by atoms with Gasteiger partial charge in [0.05, 0.1) is 12.6 Å². The molecule has 0 saturated carbocycles. The van der Waals surface area contributed by atoms with Crippen LogP contribution in [0.4, 0.5) is 9.18 Å². The van der Waals surface area contributed by atoms with Gasteiger partial charge in [0.2, 0.25) is 0 Å². The molecule has 1 aliphatic rings. The van der Waals surface area contributed by atoms with Crippen molar-refractivity contribution in [3.63, 3.8) is 0 Å². The predicted octanol–water partition coefficient (Wildman–Crippen LogP) is 1.88. The average Bonchev–Trinajstić information content (AvgIpc) is 2.46. The minimum Gasteiger partial charge on any atom is -0.394 e. The zero-order valence-electron chi connectivity index (χ0n) is 10.8. The van der Waals surface area contributed by atoms with Gasteiger partial charge in [-0.15, -0.1) is 0 Å². The normalized spacial score (nSPS) is 19.3. The fraction of sp³-hybridized carbons (Fsp3) is 0.500. The Bertz CT molecular complexity index is 422. The summed E-state index contributed by atoms with van der Waals surface area (Å²) in [6.45, 7) is 1.05. The Morgan fingerprint density at radius 2 is 2.11 bits per heavy atom. The van der Waals surface area contributed by atoms with Gasteiger partial charge in [-0.25, -0.2) is 9.18 Å². The summed E-state index contributed by atoms with van der Waals surface area (Å²) in [5.74, 6) is -0.286. The van der Waals surface area contributed by atoms with E-state index in [1.165, 1.54) is 12.1 Å². The van der Waals surface area contributed by atoms with Gasteiger partial charge in [-0.3, -0.25) is 0 Å². The average molecular weight is 266 g/mol. The monoisotopic (exact) mass is 266 g/mol. The lowest BCUT2D eigenvalue weighted by atomic mass is 10.0. The number of hydrogen-bond donors (Lipinski definition) is 2. The standard InChI is InChI=1S/C14H19FN2O2/c15-12-6-4-11(5-7-12)9-16-14(19)17-8-2-1-3-13(17)10-18/h4-7,13,18H,1-3,8-10H2,(H,16,19)/t13-/m1/s1. The van der Waals surface area contributed by atoms with E-state index in [1.54, 1.807) is 17.0 Å². The van der Waals surface area contributed by atoms with Gasteiger partial charge in [0, 0.05) is 13.1 Å². The van der Waals surface area contributed by atoms with E-state index in [-0.39, 0.29) is 24.5 Å². The molecule has 1 atom stereocenters. The number of aliphatic hydroxyl groups excluding tert-OH is 1. The number of rotatable bonds is 3. The fourth-order valence-corrected chi connectivity index (χ4v) is 2.34. The highest BCUT2D eigenvalue weighted by Crippen LogP contribution is 2.16. The van der Waals surface area contributed by atoms with Crippen molar-refractivity contribution in [2.45, 2.75) is 31.8 Å². The maximum atomic E-state index is 12.8. The number of benzene rings is 1. The molecule has 0 unspecified atom stereocenters. The summed E-state index contributed by atoms with van der Waals surface area (Å²) in [5, 5.41) is 12.1. The van der Waals surface area contributed by atoms with Crippen molar-refractivity contribution in [3.05, 3.63) is 35.6 Å². The third kappa shape index (κ3) is 3.67. The Balaban J connectivity index is 1.87. The summed E-state index contributed by atoms with van der Waals surface area (Å²) in [6.07, 6.45) is 2.87. The first-order chi connectivity index (χ1) is 9.20. The molecular formula is C14H19FN2O2. The van der Waals surface area contributed by atoms with Crippen LogP contribution in [-0.2, 0) is 6.54 Å². The zero-order valence-corrected chi connectivity index (χ0v) is 10.8. The molecule has 2 N–H and O–H groups in total. The highest BCUT2D eigenvalue weighted by Gasteiger charge is 2.25. The second-order valence-electron chi connectivity index (χ2n) is 4.81. The van der Waals surface area contributed by atoms with Crippen molar-refractivity contribution in [3.8, 4) is 0 Å². The van der Waals surface area contributed by atoms with Gasteiger partial charge in [0.25, 0.3) is 0 Å². The van der Waals surface area contributed by atoms with E-state index in [2.05, 4.69) is 5.32 Å². The molecule has 0 radical (unpaired) electrons. The molecule has 19 heavy (non-hydrogen) atoms. The number of aliphatic hydroxyl groups is 1. The molecule has 1 heterocycles. The number of hydrogen-bond acceptors (Lipinski definition) is 2. The first-order valence-corrected chi connectivity index (χ1v) is 6.60. The number of nitrogens with zero attached hydrogens (tertiary/aromatic N) is 1. The highest BCUT2D eigenvalue weighted by molar-refractivity contribution is 5.74. The number of likely N-dealkylation sites (tertiary alicyclic amines) is 1. The molecule has 1 aromatic rings. The van der Waals surface area contributed by atoms with Gasteiger partial charge in [-0.2, -0.15) is 0 Å². The molecule has 0 aliphatic carbocycles. The van der Waals surface area contributed by atoms with E-state index in [1.807, 2.05) is 0 Å². The Morgan fingerprint density at radius 3 is 2.79 bits per heavy atom. The minimum absolute atomic E-state index is 0.00394. The first kappa shape index (κ1) is 13.8. The van der Waals surface area contributed by atoms with Crippen molar-refractivity contribution in [2.24, 2.45) is 0 Å². The lowest BCUT2D eigenvalue weighted by Gasteiger charge is -2.34. The highest BCUT2D eigenvalue weighted by atomic mass is 19.1. The maximum Gasteiger partial charge on any atom is 0.317 e. The molecule has 1 saturated heterocycles.